The second-order valence-electron chi connectivity index (χ2n) is 15.2. The van der Waals surface area contributed by atoms with Crippen molar-refractivity contribution in [3.63, 3.8) is 0 Å². The first-order valence-corrected chi connectivity index (χ1v) is 28.9. The minimum Gasteiger partial charge on any atom is -0.507 e. The lowest BCUT2D eigenvalue weighted by molar-refractivity contribution is -0.145. The van der Waals surface area contributed by atoms with Crippen molar-refractivity contribution in [2.24, 2.45) is 0 Å². The zero-order valence-electron chi connectivity index (χ0n) is 42.9. The topological polar surface area (TPSA) is 359 Å². The molecular formula is C50H45Cl3N6O17S6. The van der Waals surface area contributed by atoms with Gasteiger partial charge in [-0.25, -0.2) is 24.2 Å². The van der Waals surface area contributed by atoms with Gasteiger partial charge in [0.05, 0.1) is 100 Å². The highest BCUT2D eigenvalue weighted by Gasteiger charge is 2.22. The molecule has 10 heterocycles. The quantitative estimate of drug-likeness (QED) is 0.0288. The average Bonchev–Trinajstić information content (AvgIpc) is 4.38. The fourth-order valence-corrected chi connectivity index (χ4v) is 11.4. The third kappa shape index (κ3) is 17.6. The lowest BCUT2D eigenvalue weighted by Gasteiger charge is -2.05. The highest BCUT2D eigenvalue weighted by molar-refractivity contribution is 7.10. The molecule has 10 aromatic heterocycles. The van der Waals surface area contributed by atoms with Crippen molar-refractivity contribution in [1.82, 2.24) is 19.9 Å². The highest BCUT2D eigenvalue weighted by atomic mass is 35.5. The number of methoxy groups -OCH3 is 3. The molecule has 10 aromatic rings. The number of anilines is 2. The summed E-state index contributed by atoms with van der Waals surface area (Å²) in [5, 5.41) is 55.5. The first-order chi connectivity index (χ1) is 38.7. The van der Waals surface area contributed by atoms with Crippen LogP contribution < -0.4 is 27.7 Å². The summed E-state index contributed by atoms with van der Waals surface area (Å²) >= 11 is 19.9. The van der Waals surface area contributed by atoms with Crippen molar-refractivity contribution in [2.75, 3.05) is 45.6 Å². The van der Waals surface area contributed by atoms with Crippen molar-refractivity contribution in [3.05, 3.63) is 140 Å². The second kappa shape index (κ2) is 31.9. The molecule has 1 amide bonds. The lowest BCUT2D eigenvalue weighted by Crippen LogP contribution is -2.19. The van der Waals surface area contributed by atoms with E-state index in [2.05, 4.69) is 44.2 Å². The van der Waals surface area contributed by atoms with Gasteiger partial charge in [-0.1, -0.05) is 23.2 Å². The van der Waals surface area contributed by atoms with Gasteiger partial charge in [-0.05, 0) is 19.9 Å². The number of halogens is 3. The van der Waals surface area contributed by atoms with E-state index in [0.717, 1.165) is 18.0 Å². The number of esters is 5. The van der Waals surface area contributed by atoms with Gasteiger partial charge in [0.15, 0.2) is 11.1 Å². The number of aromatic hydroxyl groups is 3. The Morgan fingerprint density at radius 3 is 1.60 bits per heavy atom. The summed E-state index contributed by atoms with van der Waals surface area (Å²) in [5.41, 5.74) is 7.29. The molecule has 0 atom stereocenters. The number of nitrogen functional groups attached to an aromatic ring is 1. The summed E-state index contributed by atoms with van der Waals surface area (Å²) in [5.74, 6) is -4.32. The summed E-state index contributed by atoms with van der Waals surface area (Å²) in [7, 11) is 3.74. The van der Waals surface area contributed by atoms with Crippen molar-refractivity contribution < 1.29 is 67.8 Å². The molecule has 0 aliphatic rings. The number of pyridine rings is 4. The number of carbonyl (C=O) groups excluding carboxylic acids is 6. The first-order valence-electron chi connectivity index (χ1n) is 22.5. The van der Waals surface area contributed by atoms with Crippen LogP contribution in [0.4, 0.5) is 11.4 Å². The van der Waals surface area contributed by atoms with Crippen LogP contribution in [0.5, 0.6) is 17.2 Å². The monoisotopic (exact) mass is 1300 g/mol. The summed E-state index contributed by atoms with van der Waals surface area (Å²) in [6.45, 7) is 3.66. The maximum absolute atomic E-state index is 11.6. The van der Waals surface area contributed by atoms with Gasteiger partial charge in [-0.3, -0.25) is 24.0 Å². The largest absolute Gasteiger partial charge is 0.507 e. The van der Waals surface area contributed by atoms with Crippen LogP contribution in [0.3, 0.4) is 0 Å². The van der Waals surface area contributed by atoms with E-state index in [1.807, 2.05) is 10.8 Å². The van der Waals surface area contributed by atoms with E-state index >= 15 is 0 Å². The molecule has 0 bridgehead atoms. The number of aromatic amines is 3. The number of ether oxygens (including phenoxy) is 5. The Hall–Kier alpha value is -7.87. The lowest BCUT2D eigenvalue weighted by atomic mass is 10.2. The zero-order chi connectivity index (χ0) is 59.5. The number of hydrogen-bond donors (Lipinski definition) is 8. The van der Waals surface area contributed by atoms with Crippen molar-refractivity contribution >= 4 is 194 Å². The molecule has 0 aliphatic heterocycles. The van der Waals surface area contributed by atoms with Gasteiger partial charge in [0.2, 0.25) is 5.91 Å². The predicted octanol–water partition coefficient (Wildman–Crippen LogP) is 10.4. The summed E-state index contributed by atoms with van der Waals surface area (Å²) < 4.78 is 22.8. The normalized spacial score (nSPS) is 10.1. The molecule has 0 saturated carbocycles. The molecular weight excluding hydrogens is 1260 g/mol. The Morgan fingerprint density at radius 1 is 0.585 bits per heavy atom. The number of carbonyl (C=O) groups is 6. The molecule has 0 radical (unpaired) electrons. The number of nitrogens with two attached hydrogens (primary N) is 1. The van der Waals surface area contributed by atoms with Crippen molar-refractivity contribution in [1.29, 1.82) is 0 Å². The van der Waals surface area contributed by atoms with Gasteiger partial charge in [-0.2, -0.15) is 0 Å². The zero-order valence-corrected chi connectivity index (χ0v) is 50.1. The average molecular weight is 1300 g/mol. The van der Waals surface area contributed by atoms with Gasteiger partial charge in [-0.15, -0.1) is 80.4 Å². The molecule has 0 spiro atoms. The van der Waals surface area contributed by atoms with E-state index < -0.39 is 40.9 Å². The molecule has 10 rings (SSSR count). The van der Waals surface area contributed by atoms with Gasteiger partial charge in [0, 0.05) is 76.0 Å². The van der Waals surface area contributed by atoms with Crippen LogP contribution in [0.2, 0.25) is 10.2 Å². The molecule has 0 aliphatic carbocycles. The van der Waals surface area contributed by atoms with Gasteiger partial charge >= 0.3 is 29.8 Å². The van der Waals surface area contributed by atoms with E-state index in [4.69, 9.17) is 33.7 Å². The molecule has 0 aromatic carbocycles. The van der Waals surface area contributed by atoms with Gasteiger partial charge < -0.3 is 65.0 Å². The molecule has 434 valence electrons. The SMILES string of the molecule is CCOC(=O)CC(=O)Nc1cscc1C(=O)OC.CCOC(=O)c1c(O)c2cscc2[nH]c1=O.COC(=O)c1c(O)c2cscc2[nH]c1=O.COC(=O)c1cscc1N.Cl.Clc1cc(Cl)c2cscc2n1.O=c1cc(O)c2cscc2[nH]1. The number of H-pyrrole nitrogens is 3. The molecule has 9 N–H and O–H groups in total. The minimum absolute atomic E-state index is 0. The molecule has 0 fully saturated rings. The number of thiophene rings is 6. The second-order valence-corrected chi connectivity index (χ2v) is 20.5. The number of hydrogen-bond acceptors (Lipinski definition) is 25. The Morgan fingerprint density at radius 2 is 1.06 bits per heavy atom. The molecule has 0 saturated heterocycles. The fraction of sp³-hybridized carbons (Fsp3) is 0.160. The number of fused-ring (bicyclic) bond motifs is 4. The van der Waals surface area contributed by atoms with Crippen LogP contribution >= 0.6 is 104 Å². The van der Waals surface area contributed by atoms with Crippen LogP contribution in [0.1, 0.15) is 61.7 Å². The smallest absolute Gasteiger partial charge is 0.347 e. The van der Waals surface area contributed by atoms with Crippen LogP contribution in [0.15, 0.2) is 91.1 Å². The maximum Gasteiger partial charge on any atom is 0.347 e. The van der Waals surface area contributed by atoms with E-state index in [0.29, 0.717) is 59.8 Å². The summed E-state index contributed by atoms with van der Waals surface area (Å²) in [6.07, 6.45) is -0.385. The Kier molecular flexibility index (Phi) is 26.0. The molecule has 23 nitrogen and oxygen atoms in total. The number of nitrogens with zero attached hydrogens (tertiary/aromatic N) is 1. The number of amides is 1. The molecule has 82 heavy (non-hydrogen) atoms. The number of nitrogens with one attached hydrogen (secondary N) is 4. The maximum atomic E-state index is 11.6. The summed E-state index contributed by atoms with van der Waals surface area (Å²) in [6, 6.07) is 2.83. The fourth-order valence-electron chi connectivity index (χ4n) is 6.32. The van der Waals surface area contributed by atoms with E-state index in [1.165, 1.54) is 77.0 Å². The Balaban J connectivity index is 0.000000213. The first kappa shape index (κ1) is 66.6. The summed E-state index contributed by atoms with van der Waals surface area (Å²) in [4.78, 5) is 113. The van der Waals surface area contributed by atoms with Gasteiger partial charge in [0.25, 0.3) is 16.7 Å². The third-order valence-electron chi connectivity index (χ3n) is 10.0. The third-order valence-corrected chi connectivity index (χ3v) is 15.0. The molecule has 32 heteroatoms. The van der Waals surface area contributed by atoms with Crippen LogP contribution in [0, 0.1) is 0 Å². The van der Waals surface area contributed by atoms with Gasteiger partial charge in [0.1, 0.15) is 28.8 Å². The van der Waals surface area contributed by atoms with Crippen molar-refractivity contribution in [3.8, 4) is 17.2 Å². The van der Waals surface area contributed by atoms with Crippen LogP contribution in [0.25, 0.3) is 43.6 Å². The van der Waals surface area contributed by atoms with Crippen molar-refractivity contribution in [2.45, 2.75) is 20.3 Å². The van der Waals surface area contributed by atoms with E-state index in [9.17, 15) is 58.5 Å². The number of rotatable bonds is 9. The van der Waals surface area contributed by atoms with E-state index in [1.54, 1.807) is 85.1 Å². The standard InChI is InChI=1S/C11H13NO5S.C10H9NO4S.C9H7NO4S.C7H3Cl2NS.C7H5NO2S.C6H7NO2S.ClH/c1-3-17-10(14)4-9(13)12-8-6-18-5-7(8)11(15)16-2;1-2-15-10(14)7-8(12)5-3-16-4-6(5)11-9(7)13;1-14-9(13)6-7(11)4-2-15-3-5(4)10-8(6)12;8-5-1-7(9)10-6-3-11-2-4(5)6;9-6-1-7(10)8-5-3-11-2-4(5)6;1-9-6(8)4-2-10-3-5(4)7;/h5-6H,3-4H2,1-2H3,(H,12,13);3-4,12H,2H2,1H3,(H,11,13);2-3,11H,1H3,(H,10,12);1-3H;1-3,9H,(H,8,10);2-3H,7H2,1H3;1H. The molecule has 0 unspecified atom stereocenters. The van der Waals surface area contributed by atoms with Crippen LogP contribution in [-0.2, 0) is 33.3 Å². The Bertz CT molecular complexity index is 4040. The minimum atomic E-state index is -0.846. The predicted molar refractivity (Wildman–Crippen MR) is 322 cm³/mol. The number of aromatic nitrogens is 4. The highest BCUT2D eigenvalue weighted by Crippen LogP contribution is 2.31. The van der Waals surface area contributed by atoms with E-state index in [-0.39, 0.29) is 77.5 Å². The van der Waals surface area contributed by atoms with Crippen LogP contribution in [-0.4, -0.2) is 106 Å². The Labute approximate surface area is 501 Å².